The zero-order valence-corrected chi connectivity index (χ0v) is 14.4. The van der Waals surface area contributed by atoms with Gasteiger partial charge < -0.3 is 16.0 Å². The van der Waals surface area contributed by atoms with E-state index in [2.05, 4.69) is 26.0 Å². The van der Waals surface area contributed by atoms with Gasteiger partial charge in [-0.1, -0.05) is 0 Å². The van der Waals surface area contributed by atoms with Crippen molar-refractivity contribution in [2.24, 2.45) is 7.05 Å². The predicted molar refractivity (Wildman–Crippen MR) is 97.3 cm³/mol. The normalized spacial score (nSPS) is 10.3. The lowest BCUT2D eigenvalue weighted by molar-refractivity contribution is -0.114. The summed E-state index contributed by atoms with van der Waals surface area (Å²) < 4.78 is 1.68. The number of benzene rings is 1. The smallest absolute Gasteiger partial charge is 0.275 e. The first-order chi connectivity index (χ1) is 12.0. The summed E-state index contributed by atoms with van der Waals surface area (Å²) in [4.78, 5) is 27.6. The lowest BCUT2D eigenvalue weighted by Crippen LogP contribution is -2.12. The molecule has 9 heteroatoms. The highest BCUT2D eigenvalue weighted by Gasteiger charge is 2.12. The minimum Gasteiger partial charge on any atom is -0.326 e. The Bertz CT molecular complexity index is 900. The maximum absolute atomic E-state index is 12.3. The molecule has 0 atom stereocenters. The molecule has 3 aromatic rings. The molecule has 0 bridgehead atoms. The molecule has 0 aliphatic rings. The van der Waals surface area contributed by atoms with E-state index in [9.17, 15) is 9.59 Å². The van der Waals surface area contributed by atoms with Crippen molar-refractivity contribution in [2.75, 3.05) is 16.0 Å². The van der Waals surface area contributed by atoms with Crippen molar-refractivity contribution in [3.8, 4) is 0 Å². The van der Waals surface area contributed by atoms with Crippen LogP contribution in [0.1, 0.15) is 17.4 Å². The van der Waals surface area contributed by atoms with E-state index in [1.807, 2.05) is 13.1 Å². The molecule has 128 valence electrons. The molecule has 0 aliphatic carbocycles. The zero-order valence-electron chi connectivity index (χ0n) is 13.6. The van der Waals surface area contributed by atoms with Crippen LogP contribution in [-0.2, 0) is 11.8 Å². The first-order valence-corrected chi connectivity index (χ1v) is 8.29. The van der Waals surface area contributed by atoms with E-state index < -0.39 is 0 Å². The van der Waals surface area contributed by atoms with Gasteiger partial charge >= 0.3 is 0 Å². The highest BCUT2D eigenvalue weighted by Crippen LogP contribution is 2.21. The number of hydrogen-bond acceptors (Lipinski definition) is 6. The Labute approximate surface area is 147 Å². The average Bonchev–Trinajstić information content (AvgIpc) is 3.19. The summed E-state index contributed by atoms with van der Waals surface area (Å²) in [5.41, 5.74) is 1.61. The highest BCUT2D eigenvalue weighted by molar-refractivity contribution is 7.14. The van der Waals surface area contributed by atoms with Crippen molar-refractivity contribution in [3.05, 3.63) is 47.6 Å². The van der Waals surface area contributed by atoms with Crippen molar-refractivity contribution in [2.45, 2.75) is 6.92 Å². The molecular formula is C16H16N6O2S. The summed E-state index contributed by atoms with van der Waals surface area (Å²) in [7, 11) is 1.81. The van der Waals surface area contributed by atoms with Crippen LogP contribution < -0.4 is 16.0 Å². The molecule has 0 spiro atoms. The molecule has 0 saturated heterocycles. The molecule has 2 amide bonds. The van der Waals surface area contributed by atoms with Gasteiger partial charge in [0.15, 0.2) is 5.13 Å². The van der Waals surface area contributed by atoms with Crippen LogP contribution in [0.25, 0.3) is 0 Å². The third kappa shape index (κ3) is 4.21. The van der Waals surface area contributed by atoms with E-state index in [0.29, 0.717) is 22.2 Å². The van der Waals surface area contributed by atoms with Gasteiger partial charge in [0.05, 0.1) is 6.20 Å². The van der Waals surface area contributed by atoms with Gasteiger partial charge in [0, 0.05) is 36.8 Å². The number of hydrogen-bond donors (Lipinski definition) is 3. The van der Waals surface area contributed by atoms with Gasteiger partial charge in [-0.15, -0.1) is 11.3 Å². The molecule has 0 aliphatic heterocycles. The van der Waals surface area contributed by atoms with E-state index in [1.54, 1.807) is 40.5 Å². The van der Waals surface area contributed by atoms with Crippen molar-refractivity contribution in [3.63, 3.8) is 0 Å². The monoisotopic (exact) mass is 356 g/mol. The minimum atomic E-state index is -0.304. The lowest BCUT2D eigenvalue weighted by Gasteiger charge is -2.05. The van der Waals surface area contributed by atoms with Gasteiger partial charge in [0.2, 0.25) is 5.91 Å². The molecule has 2 heterocycles. The van der Waals surface area contributed by atoms with Gasteiger partial charge in [-0.05, 0) is 24.3 Å². The molecule has 0 saturated carbocycles. The maximum atomic E-state index is 12.3. The van der Waals surface area contributed by atoms with E-state index in [-0.39, 0.29) is 11.8 Å². The maximum Gasteiger partial charge on any atom is 0.275 e. The quantitative estimate of drug-likeness (QED) is 0.652. The number of aryl methyl sites for hydroxylation is 1. The molecule has 0 fully saturated rings. The highest BCUT2D eigenvalue weighted by atomic mass is 32.1. The average molecular weight is 356 g/mol. The van der Waals surface area contributed by atoms with Gasteiger partial charge in [-0.3, -0.25) is 14.3 Å². The van der Waals surface area contributed by atoms with Crippen LogP contribution in [-0.4, -0.2) is 26.6 Å². The molecule has 3 rings (SSSR count). The molecule has 2 aromatic heterocycles. The summed E-state index contributed by atoms with van der Waals surface area (Å²) in [6.45, 7) is 1.44. The number of anilines is 4. The largest absolute Gasteiger partial charge is 0.326 e. The number of nitrogens with one attached hydrogen (secondary N) is 3. The van der Waals surface area contributed by atoms with Gasteiger partial charge in [-0.25, -0.2) is 4.98 Å². The second kappa shape index (κ2) is 7.14. The SMILES string of the molecule is CC(=O)Nc1ccc(NC(=O)c2csc(Nc3ccnn3C)n2)cc1. The van der Waals surface area contributed by atoms with Crippen LogP contribution in [0, 0.1) is 0 Å². The molecule has 0 radical (unpaired) electrons. The number of thiazole rings is 1. The standard InChI is InChI=1S/C16H16N6O2S/c1-10(23)18-11-3-5-12(6-4-11)19-15(24)13-9-25-16(20-13)21-14-7-8-17-22(14)2/h3-9H,1-2H3,(H,18,23)(H,19,24)(H,20,21). The molecule has 3 N–H and O–H groups in total. The number of nitrogens with zero attached hydrogens (tertiary/aromatic N) is 3. The Morgan fingerprint density at radius 3 is 2.36 bits per heavy atom. The van der Waals surface area contributed by atoms with Crippen LogP contribution in [0.15, 0.2) is 41.9 Å². The van der Waals surface area contributed by atoms with E-state index in [0.717, 1.165) is 5.82 Å². The summed E-state index contributed by atoms with van der Waals surface area (Å²) in [6, 6.07) is 8.67. The fourth-order valence-corrected chi connectivity index (χ4v) is 2.77. The minimum absolute atomic E-state index is 0.146. The van der Waals surface area contributed by atoms with Crippen LogP contribution in [0.2, 0.25) is 0 Å². The summed E-state index contributed by atoms with van der Waals surface area (Å²) in [5.74, 6) is 0.337. The first-order valence-electron chi connectivity index (χ1n) is 7.41. The molecule has 1 aromatic carbocycles. The van der Waals surface area contributed by atoms with E-state index >= 15 is 0 Å². The van der Waals surface area contributed by atoms with Crippen LogP contribution in [0.5, 0.6) is 0 Å². The Balaban J connectivity index is 1.63. The topological polar surface area (TPSA) is 101 Å². The van der Waals surface area contributed by atoms with Gasteiger partial charge in [0.1, 0.15) is 11.5 Å². The van der Waals surface area contributed by atoms with Crippen LogP contribution in [0.4, 0.5) is 22.3 Å². The van der Waals surface area contributed by atoms with Crippen molar-refractivity contribution < 1.29 is 9.59 Å². The Morgan fingerprint density at radius 2 is 1.76 bits per heavy atom. The number of amides is 2. The molecule has 25 heavy (non-hydrogen) atoms. The molecule has 8 nitrogen and oxygen atoms in total. The van der Waals surface area contributed by atoms with Crippen molar-refractivity contribution in [1.82, 2.24) is 14.8 Å². The Morgan fingerprint density at radius 1 is 1.08 bits per heavy atom. The van der Waals surface area contributed by atoms with E-state index in [1.165, 1.54) is 18.3 Å². The van der Waals surface area contributed by atoms with Crippen molar-refractivity contribution in [1.29, 1.82) is 0 Å². The fraction of sp³-hybridized carbons (Fsp3) is 0.125. The summed E-state index contributed by atoms with van der Waals surface area (Å²) >= 11 is 1.33. The molecule has 0 unspecified atom stereocenters. The molecular weight excluding hydrogens is 340 g/mol. The lowest BCUT2D eigenvalue weighted by atomic mass is 10.2. The third-order valence-electron chi connectivity index (χ3n) is 3.26. The van der Waals surface area contributed by atoms with Crippen LogP contribution in [0.3, 0.4) is 0 Å². The second-order valence-electron chi connectivity index (χ2n) is 5.22. The number of carbonyl (C=O) groups is 2. The van der Waals surface area contributed by atoms with Gasteiger partial charge in [-0.2, -0.15) is 5.10 Å². The first kappa shape index (κ1) is 16.7. The van der Waals surface area contributed by atoms with E-state index in [4.69, 9.17) is 0 Å². The zero-order chi connectivity index (χ0) is 17.8. The fourth-order valence-electron chi connectivity index (χ4n) is 2.08. The van der Waals surface area contributed by atoms with Crippen LogP contribution >= 0.6 is 11.3 Å². The number of carbonyl (C=O) groups excluding carboxylic acids is 2. The predicted octanol–water partition coefficient (Wildman–Crippen LogP) is 2.83. The Kier molecular flexibility index (Phi) is 4.75. The number of rotatable bonds is 5. The second-order valence-corrected chi connectivity index (χ2v) is 6.07. The summed E-state index contributed by atoms with van der Waals surface area (Å²) in [5, 5.41) is 14.9. The Hall–Kier alpha value is -3.20. The summed E-state index contributed by atoms with van der Waals surface area (Å²) in [6.07, 6.45) is 1.67. The third-order valence-corrected chi connectivity index (χ3v) is 4.01. The van der Waals surface area contributed by atoms with Gasteiger partial charge in [0.25, 0.3) is 5.91 Å². The number of aromatic nitrogens is 3. The van der Waals surface area contributed by atoms with Crippen molar-refractivity contribution >= 4 is 45.5 Å².